The molecule has 0 saturated carbocycles. The fourth-order valence-electron chi connectivity index (χ4n) is 5.91. The highest BCUT2D eigenvalue weighted by molar-refractivity contribution is 6.31. The van der Waals surface area contributed by atoms with Crippen LogP contribution in [0.5, 0.6) is 0 Å². The first-order valence-corrected chi connectivity index (χ1v) is 11.6. The van der Waals surface area contributed by atoms with Crippen molar-refractivity contribution in [3.63, 3.8) is 0 Å². The minimum absolute atomic E-state index is 0.528. The Balaban J connectivity index is 1.80. The molecule has 1 unspecified atom stereocenters. The molecule has 156 valence electrons. The van der Waals surface area contributed by atoms with E-state index in [1.165, 1.54) is 44.2 Å². The van der Waals surface area contributed by atoms with Gasteiger partial charge in [0.1, 0.15) is 0 Å². The van der Waals surface area contributed by atoms with E-state index in [9.17, 15) is 0 Å². The highest BCUT2D eigenvalue weighted by Gasteiger charge is 2.45. The molecule has 0 bridgehead atoms. The molecule has 5 aromatic carbocycles. The van der Waals surface area contributed by atoms with Crippen molar-refractivity contribution < 1.29 is 0 Å². The highest BCUT2D eigenvalue weighted by atomic mass is 35.5. The molecule has 0 amide bonds. The lowest BCUT2D eigenvalue weighted by atomic mass is 9.63. The third-order valence-corrected chi connectivity index (χ3v) is 7.46. The number of hydrogen-bond donors (Lipinski definition) is 0. The van der Waals surface area contributed by atoms with Crippen LogP contribution in [-0.4, -0.2) is 4.57 Å². The Bertz CT molecular complexity index is 1680. The van der Waals surface area contributed by atoms with Gasteiger partial charge in [0.2, 0.25) is 0 Å². The van der Waals surface area contributed by atoms with Crippen LogP contribution in [0, 0.1) is 0 Å². The van der Waals surface area contributed by atoms with E-state index in [0.717, 1.165) is 10.6 Å². The molecule has 2 heteroatoms. The van der Waals surface area contributed by atoms with Crippen LogP contribution in [0.25, 0.3) is 27.5 Å². The number of rotatable bonds is 2. The Hall–Kier alpha value is -3.81. The molecule has 1 nitrogen and oxygen atoms in total. The first-order valence-electron chi connectivity index (χ1n) is 11.2. The maximum absolute atomic E-state index is 7.00. The third kappa shape index (κ3) is 2.33. The van der Waals surface area contributed by atoms with Gasteiger partial charge < -0.3 is 4.57 Å². The van der Waals surface area contributed by atoms with E-state index in [0.29, 0.717) is 0 Å². The number of benzene rings is 5. The second-order valence-corrected chi connectivity index (χ2v) is 9.07. The second-order valence-electron chi connectivity index (χ2n) is 8.67. The summed E-state index contributed by atoms with van der Waals surface area (Å²) >= 11 is 7.00. The Kier molecular flexibility index (Phi) is 3.88. The van der Waals surface area contributed by atoms with Gasteiger partial charge in [0.15, 0.2) is 0 Å². The summed E-state index contributed by atoms with van der Waals surface area (Å²) in [4.78, 5) is 0. The summed E-state index contributed by atoms with van der Waals surface area (Å²) in [5.74, 6) is 0. The van der Waals surface area contributed by atoms with E-state index in [-0.39, 0.29) is 0 Å². The van der Waals surface area contributed by atoms with Gasteiger partial charge in [-0.05, 0) is 40.5 Å². The van der Waals surface area contributed by atoms with Crippen LogP contribution >= 0.6 is 11.6 Å². The van der Waals surface area contributed by atoms with Crippen LogP contribution in [0.3, 0.4) is 0 Å². The summed E-state index contributed by atoms with van der Waals surface area (Å²) in [7, 11) is 0. The first kappa shape index (κ1) is 18.7. The Morgan fingerprint density at radius 1 is 0.515 bits per heavy atom. The van der Waals surface area contributed by atoms with Gasteiger partial charge in [0, 0.05) is 15.8 Å². The lowest BCUT2D eigenvalue weighted by molar-refractivity contribution is 0.728. The van der Waals surface area contributed by atoms with Crippen molar-refractivity contribution in [2.45, 2.75) is 5.41 Å². The van der Waals surface area contributed by atoms with E-state index in [1.54, 1.807) is 0 Å². The van der Waals surface area contributed by atoms with Gasteiger partial charge in [-0.3, -0.25) is 0 Å². The van der Waals surface area contributed by atoms with Gasteiger partial charge in [-0.25, -0.2) is 0 Å². The zero-order chi connectivity index (χ0) is 22.0. The molecule has 2 heterocycles. The molecule has 0 aliphatic carbocycles. The first-order chi connectivity index (χ1) is 16.3. The largest absolute Gasteiger partial charge is 0.309 e. The number of aromatic nitrogens is 1. The number of nitrogens with zero attached hydrogens (tertiary/aromatic N) is 1. The summed E-state index contributed by atoms with van der Waals surface area (Å²) < 4.78 is 2.44. The standard InChI is InChI=1S/C31H20ClN/c32-27-18-7-5-15-24(27)31(21-11-2-1-3-12-21)25-16-6-9-20-29(25)33-28-19-8-4-13-22(28)23-14-10-17-26(31)30(23)33/h1-20H. The molecule has 0 spiro atoms. The molecule has 0 saturated heterocycles. The molecular weight excluding hydrogens is 422 g/mol. The summed E-state index contributed by atoms with van der Waals surface area (Å²) in [6.07, 6.45) is 0. The zero-order valence-electron chi connectivity index (χ0n) is 17.9. The van der Waals surface area contributed by atoms with Crippen LogP contribution < -0.4 is 0 Å². The smallest absolute Gasteiger partial charge is 0.0756 e. The molecule has 0 N–H and O–H groups in total. The normalized spacial score (nSPS) is 16.8. The van der Waals surface area contributed by atoms with Crippen LogP contribution in [0.15, 0.2) is 121 Å². The van der Waals surface area contributed by atoms with Gasteiger partial charge in [0.25, 0.3) is 0 Å². The van der Waals surface area contributed by atoms with Gasteiger partial charge in [-0.2, -0.15) is 0 Å². The van der Waals surface area contributed by atoms with E-state index in [2.05, 4.69) is 114 Å². The summed E-state index contributed by atoms with van der Waals surface area (Å²) in [6.45, 7) is 0. The van der Waals surface area contributed by atoms with Gasteiger partial charge >= 0.3 is 0 Å². The molecule has 1 aliphatic rings. The quantitative estimate of drug-likeness (QED) is 0.255. The van der Waals surface area contributed by atoms with Crippen molar-refractivity contribution >= 4 is 33.4 Å². The topological polar surface area (TPSA) is 4.93 Å². The summed E-state index contributed by atoms with van der Waals surface area (Å²) in [5.41, 5.74) is 7.98. The number of para-hydroxylation sites is 3. The summed E-state index contributed by atoms with van der Waals surface area (Å²) in [6, 6.07) is 43.3. The Morgan fingerprint density at radius 2 is 1.15 bits per heavy atom. The van der Waals surface area contributed by atoms with E-state index in [1.807, 2.05) is 12.1 Å². The van der Waals surface area contributed by atoms with Crippen LogP contribution in [0.2, 0.25) is 5.02 Å². The number of fused-ring (bicyclic) bond motifs is 5. The highest BCUT2D eigenvalue weighted by Crippen LogP contribution is 2.55. The van der Waals surface area contributed by atoms with Crippen molar-refractivity contribution in [1.82, 2.24) is 4.57 Å². The van der Waals surface area contributed by atoms with Gasteiger partial charge in [-0.1, -0.05) is 115 Å². The average Bonchev–Trinajstić information content (AvgIpc) is 3.22. The zero-order valence-corrected chi connectivity index (χ0v) is 18.6. The summed E-state index contributed by atoms with van der Waals surface area (Å²) in [5, 5.41) is 3.31. The predicted molar refractivity (Wildman–Crippen MR) is 138 cm³/mol. The Labute approximate surface area is 197 Å². The van der Waals surface area contributed by atoms with E-state index >= 15 is 0 Å². The molecule has 7 rings (SSSR count). The predicted octanol–water partition coefficient (Wildman–Crippen LogP) is 8.13. The monoisotopic (exact) mass is 441 g/mol. The van der Waals surface area contributed by atoms with E-state index < -0.39 is 5.41 Å². The van der Waals surface area contributed by atoms with Crippen molar-refractivity contribution in [2.75, 3.05) is 0 Å². The minimum Gasteiger partial charge on any atom is -0.309 e. The van der Waals surface area contributed by atoms with Crippen LogP contribution in [0.4, 0.5) is 0 Å². The molecule has 6 aromatic rings. The maximum atomic E-state index is 7.00. The fourth-order valence-corrected chi connectivity index (χ4v) is 6.19. The van der Waals surface area contributed by atoms with E-state index in [4.69, 9.17) is 11.6 Å². The van der Waals surface area contributed by atoms with Crippen molar-refractivity contribution in [3.8, 4) is 5.69 Å². The maximum Gasteiger partial charge on any atom is 0.0756 e. The third-order valence-electron chi connectivity index (χ3n) is 7.13. The SMILES string of the molecule is Clc1ccccc1C1(c2ccccc2)c2ccccc2-n2c3ccccc3c3cccc1c32. The molecule has 1 aliphatic heterocycles. The average molecular weight is 442 g/mol. The van der Waals surface area contributed by atoms with Gasteiger partial charge in [-0.15, -0.1) is 0 Å². The van der Waals surface area contributed by atoms with Crippen molar-refractivity contribution in [3.05, 3.63) is 149 Å². The van der Waals surface area contributed by atoms with Crippen molar-refractivity contribution in [2.24, 2.45) is 0 Å². The number of hydrogen-bond acceptors (Lipinski definition) is 0. The fraction of sp³-hybridized carbons (Fsp3) is 0.0323. The molecule has 0 fully saturated rings. The molecule has 33 heavy (non-hydrogen) atoms. The molecular formula is C31H20ClN. The molecule has 1 aromatic heterocycles. The van der Waals surface area contributed by atoms with Crippen LogP contribution in [-0.2, 0) is 5.41 Å². The van der Waals surface area contributed by atoms with Crippen molar-refractivity contribution in [1.29, 1.82) is 0 Å². The molecule has 1 atom stereocenters. The van der Waals surface area contributed by atoms with Gasteiger partial charge in [0.05, 0.1) is 22.1 Å². The van der Waals surface area contributed by atoms with Crippen LogP contribution in [0.1, 0.15) is 22.3 Å². The lowest BCUT2D eigenvalue weighted by Gasteiger charge is -2.42. The Morgan fingerprint density at radius 3 is 2.00 bits per heavy atom. The second kappa shape index (κ2) is 6.84. The minimum atomic E-state index is -0.528. The number of halogens is 1. The molecule has 0 radical (unpaired) electrons. The lowest BCUT2D eigenvalue weighted by Crippen LogP contribution is -2.35.